The minimum absolute atomic E-state index is 0.0658. The summed E-state index contributed by atoms with van der Waals surface area (Å²) in [6.45, 7) is 2.25. The number of nitrogens with one attached hydrogen (secondary N) is 3. The molecule has 3 atom stereocenters. The Hall–Kier alpha value is -3.33. The van der Waals surface area contributed by atoms with Crippen LogP contribution in [0.15, 0.2) is 46.4 Å². The molecule has 3 heterocycles. The lowest BCUT2D eigenvalue weighted by Crippen LogP contribution is -2.38. The number of carbonyl (C=O) groups is 2. The molecule has 0 bridgehead atoms. The van der Waals surface area contributed by atoms with Crippen LogP contribution in [-0.2, 0) is 24.2 Å². The minimum atomic E-state index is -1.50. The minimum Gasteiger partial charge on any atom is -0.490 e. The van der Waals surface area contributed by atoms with E-state index in [1.807, 2.05) is 24.3 Å². The van der Waals surface area contributed by atoms with E-state index >= 15 is 0 Å². The molecular formula is C25H31FN7O3P. The number of alkyl halides is 1. The van der Waals surface area contributed by atoms with Gasteiger partial charge in [0.25, 0.3) is 11.8 Å². The molecular weight excluding hydrogens is 496 g/mol. The Balaban J connectivity index is 1.31. The van der Waals surface area contributed by atoms with Gasteiger partial charge in [-0.15, -0.1) is 0 Å². The quantitative estimate of drug-likeness (QED) is 0.410. The molecule has 12 heteroatoms. The summed E-state index contributed by atoms with van der Waals surface area (Å²) in [5, 5.41) is 16.6. The van der Waals surface area contributed by atoms with Gasteiger partial charge in [-0.2, -0.15) is 10.2 Å². The Morgan fingerprint density at radius 3 is 2.97 bits per heavy atom. The van der Waals surface area contributed by atoms with Crippen LogP contribution < -0.4 is 20.8 Å². The maximum absolute atomic E-state index is 13.7. The summed E-state index contributed by atoms with van der Waals surface area (Å²) in [5.74, 6) is 1.09. The van der Waals surface area contributed by atoms with Gasteiger partial charge >= 0.3 is 0 Å². The summed E-state index contributed by atoms with van der Waals surface area (Å²) < 4.78 is 21.0. The smallest absolute Gasteiger partial charge is 0.261 e. The lowest BCUT2D eigenvalue weighted by Gasteiger charge is -2.18. The highest BCUT2D eigenvalue weighted by molar-refractivity contribution is 7.18. The molecule has 37 heavy (non-hydrogen) atoms. The third-order valence-corrected chi connectivity index (χ3v) is 6.61. The zero-order valence-corrected chi connectivity index (χ0v) is 21.8. The number of rotatable bonds is 10. The lowest BCUT2D eigenvalue weighted by molar-refractivity contribution is -0.117. The standard InChI is InChI=1S/C25H31FN7O3P/c1-25(26,37)14-36-18-4-2-3-16(11-18)7-8-17-12-19-21(24(35)28-17)22(29-23(34)20-13-27-32-30-20)33(31-19)10-9-15-5-6-15/h2-4,8,11,15,20H,5-7,9-10,12-14,37H2,1H3,(H,27,30)(H,28,35)(H,29,34)/b17-8+. The Labute approximate surface area is 216 Å². The van der Waals surface area contributed by atoms with Crippen molar-refractivity contribution in [1.82, 2.24) is 20.5 Å². The Kier molecular flexibility index (Phi) is 7.24. The number of ether oxygens (including phenoxy) is 1. The topological polar surface area (TPSA) is 122 Å². The van der Waals surface area contributed by atoms with Gasteiger partial charge in [0.1, 0.15) is 29.8 Å². The first-order chi connectivity index (χ1) is 17.7. The summed E-state index contributed by atoms with van der Waals surface area (Å²) in [7, 11) is 2.12. The second-order valence-electron chi connectivity index (χ2n) is 10.00. The normalized spacial score (nSPS) is 21.2. The van der Waals surface area contributed by atoms with Crippen LogP contribution in [0.2, 0.25) is 0 Å². The predicted molar refractivity (Wildman–Crippen MR) is 139 cm³/mol. The van der Waals surface area contributed by atoms with E-state index in [0.717, 1.165) is 17.7 Å². The molecule has 10 nitrogen and oxygen atoms in total. The van der Waals surface area contributed by atoms with Gasteiger partial charge in [0.15, 0.2) is 5.41 Å². The van der Waals surface area contributed by atoms with E-state index in [0.29, 0.717) is 48.1 Å². The first kappa shape index (κ1) is 25.3. The van der Waals surface area contributed by atoms with Crippen molar-refractivity contribution >= 4 is 26.9 Å². The van der Waals surface area contributed by atoms with Crippen molar-refractivity contribution in [2.75, 3.05) is 18.5 Å². The van der Waals surface area contributed by atoms with Crippen LogP contribution in [0.1, 0.15) is 47.8 Å². The second-order valence-corrected chi connectivity index (χ2v) is 11.2. The Morgan fingerprint density at radius 1 is 1.41 bits per heavy atom. The van der Waals surface area contributed by atoms with E-state index < -0.39 is 11.5 Å². The number of fused-ring (bicyclic) bond motifs is 1. The molecule has 2 amide bonds. The summed E-state index contributed by atoms with van der Waals surface area (Å²) in [4.78, 5) is 25.9. The molecule has 1 aromatic heterocycles. The first-order valence-corrected chi connectivity index (χ1v) is 13.1. The van der Waals surface area contributed by atoms with E-state index in [4.69, 9.17) is 9.84 Å². The molecule has 3 unspecified atom stereocenters. The van der Waals surface area contributed by atoms with Crippen LogP contribution in [0.3, 0.4) is 0 Å². The fraction of sp³-hybridized carbons (Fsp3) is 0.480. The number of allylic oxidation sites excluding steroid dienone is 2. The third-order valence-electron chi connectivity index (χ3n) is 6.44. The number of halogens is 1. The maximum atomic E-state index is 13.7. The number of aryl methyl sites for hydroxylation is 1. The lowest BCUT2D eigenvalue weighted by atomic mass is 10.0. The maximum Gasteiger partial charge on any atom is 0.261 e. The SMILES string of the molecule is CC(F)(P)COc1cccc(C/C=C2\Cc3nn(CCC4CC4)c(NC(=O)C4CN=NN4)c3C(=O)N2)c1. The van der Waals surface area contributed by atoms with Crippen molar-refractivity contribution in [3.63, 3.8) is 0 Å². The fourth-order valence-electron chi connectivity index (χ4n) is 4.28. The Bertz CT molecular complexity index is 1240. The van der Waals surface area contributed by atoms with Gasteiger partial charge in [0.2, 0.25) is 0 Å². The average molecular weight is 528 g/mol. The molecule has 2 aliphatic heterocycles. The number of hydrogen-bond donors (Lipinski definition) is 3. The van der Waals surface area contributed by atoms with E-state index in [2.05, 4.69) is 35.6 Å². The van der Waals surface area contributed by atoms with Gasteiger partial charge < -0.3 is 15.4 Å². The first-order valence-electron chi connectivity index (χ1n) is 12.5. The summed E-state index contributed by atoms with van der Waals surface area (Å²) in [5.41, 5.74) is 5.42. The Morgan fingerprint density at radius 2 is 2.24 bits per heavy atom. The van der Waals surface area contributed by atoms with Crippen LogP contribution in [0.25, 0.3) is 0 Å². The van der Waals surface area contributed by atoms with Gasteiger partial charge in [0, 0.05) is 18.7 Å². The number of amides is 2. The highest BCUT2D eigenvalue weighted by Crippen LogP contribution is 2.34. The zero-order valence-electron chi connectivity index (χ0n) is 20.7. The van der Waals surface area contributed by atoms with Gasteiger partial charge in [-0.25, -0.2) is 9.07 Å². The summed E-state index contributed by atoms with van der Waals surface area (Å²) in [6, 6.07) is 6.88. The average Bonchev–Trinajstić information content (AvgIpc) is 3.38. The molecule has 5 rings (SSSR count). The van der Waals surface area contributed by atoms with Crippen LogP contribution in [0.4, 0.5) is 10.2 Å². The third kappa shape index (κ3) is 6.52. The molecule has 1 aliphatic carbocycles. The number of anilines is 1. The van der Waals surface area contributed by atoms with Crippen molar-refractivity contribution in [3.05, 3.63) is 52.9 Å². The molecule has 196 valence electrons. The number of benzene rings is 1. The second kappa shape index (κ2) is 10.6. The molecule has 0 spiro atoms. The molecule has 0 saturated heterocycles. The fourth-order valence-corrected chi connectivity index (χ4v) is 4.36. The molecule has 1 aromatic carbocycles. The number of hydrogen-bond acceptors (Lipinski definition) is 7. The van der Waals surface area contributed by atoms with E-state index in [-0.39, 0.29) is 25.0 Å². The number of carbonyl (C=O) groups excluding carboxylic acids is 2. The number of aromatic nitrogens is 2. The molecule has 1 saturated carbocycles. The van der Waals surface area contributed by atoms with Crippen molar-refractivity contribution in [2.24, 2.45) is 16.3 Å². The molecule has 1 fully saturated rings. The van der Waals surface area contributed by atoms with E-state index in [1.165, 1.54) is 19.8 Å². The monoisotopic (exact) mass is 527 g/mol. The summed E-state index contributed by atoms with van der Waals surface area (Å²) >= 11 is 0. The van der Waals surface area contributed by atoms with Crippen LogP contribution in [0.5, 0.6) is 5.75 Å². The molecule has 3 N–H and O–H groups in total. The van der Waals surface area contributed by atoms with E-state index in [9.17, 15) is 14.0 Å². The van der Waals surface area contributed by atoms with E-state index in [1.54, 1.807) is 10.7 Å². The molecule has 3 aliphatic rings. The van der Waals surface area contributed by atoms with Gasteiger partial charge in [-0.3, -0.25) is 15.0 Å². The zero-order chi connectivity index (χ0) is 26.0. The van der Waals surface area contributed by atoms with Crippen molar-refractivity contribution in [3.8, 4) is 5.75 Å². The van der Waals surface area contributed by atoms with Crippen LogP contribution in [0, 0.1) is 5.92 Å². The molecule has 0 radical (unpaired) electrons. The largest absolute Gasteiger partial charge is 0.490 e. The van der Waals surface area contributed by atoms with Crippen LogP contribution >= 0.6 is 9.24 Å². The number of nitrogens with zero attached hydrogens (tertiary/aromatic N) is 4. The highest BCUT2D eigenvalue weighted by atomic mass is 31.0. The summed E-state index contributed by atoms with van der Waals surface area (Å²) in [6.07, 6.45) is 6.32. The van der Waals surface area contributed by atoms with Crippen molar-refractivity contribution in [2.45, 2.75) is 57.0 Å². The van der Waals surface area contributed by atoms with Crippen LogP contribution in [-0.4, -0.2) is 46.2 Å². The van der Waals surface area contributed by atoms with Crippen molar-refractivity contribution < 1.29 is 18.7 Å². The van der Waals surface area contributed by atoms with Gasteiger partial charge in [-0.1, -0.05) is 45.5 Å². The molecule has 2 aromatic rings. The predicted octanol–water partition coefficient (Wildman–Crippen LogP) is 3.31. The van der Waals surface area contributed by atoms with Gasteiger partial charge in [0.05, 0.1) is 12.2 Å². The highest BCUT2D eigenvalue weighted by Gasteiger charge is 2.32. The van der Waals surface area contributed by atoms with Gasteiger partial charge in [-0.05, 0) is 43.4 Å². The van der Waals surface area contributed by atoms with Crippen molar-refractivity contribution in [1.29, 1.82) is 0 Å².